The van der Waals surface area contributed by atoms with Crippen molar-refractivity contribution in [3.8, 4) is 0 Å². The quantitative estimate of drug-likeness (QED) is 0.847. The highest BCUT2D eigenvalue weighted by molar-refractivity contribution is 5.84. The molecule has 0 aromatic heterocycles. The van der Waals surface area contributed by atoms with E-state index in [1.165, 1.54) is 22.3 Å². The van der Waals surface area contributed by atoms with E-state index in [1.807, 2.05) is 7.05 Å². The summed E-state index contributed by atoms with van der Waals surface area (Å²) in [5, 5.41) is 3.16. The monoisotopic (exact) mass is 263 g/mol. The van der Waals surface area contributed by atoms with Gasteiger partial charge in [0.25, 0.3) is 0 Å². The van der Waals surface area contributed by atoms with Gasteiger partial charge < -0.3 is 5.32 Å². The number of nitrogens with one attached hydrogen (secondary N) is 1. The molecule has 0 saturated heterocycles. The molecule has 0 aliphatic heterocycles. The molecule has 0 spiro atoms. The zero-order valence-electron chi connectivity index (χ0n) is 12.4. The highest BCUT2D eigenvalue weighted by atomic mass is 14.8. The van der Waals surface area contributed by atoms with Crippen LogP contribution in [0.3, 0.4) is 0 Å². The first kappa shape index (κ1) is 14.1. The predicted octanol–water partition coefficient (Wildman–Crippen LogP) is 4.64. The van der Waals surface area contributed by atoms with Gasteiger partial charge in [0.1, 0.15) is 0 Å². The summed E-state index contributed by atoms with van der Waals surface area (Å²) in [6, 6.07) is 16.7. The van der Waals surface area contributed by atoms with Crippen molar-refractivity contribution < 1.29 is 0 Å². The first-order valence-electron chi connectivity index (χ1n) is 6.84. The Balaban J connectivity index is 2.49. The molecule has 0 aliphatic carbocycles. The fraction of sp³-hybridized carbons (Fsp3) is 0.158. The largest absolute Gasteiger partial charge is 0.392 e. The molecule has 1 N–H and O–H groups in total. The molecule has 1 heteroatoms. The smallest absolute Gasteiger partial charge is 0.00786 e. The highest BCUT2D eigenvalue weighted by Gasteiger charge is 2.08. The molecule has 2 rings (SSSR count). The maximum atomic E-state index is 4.30. The van der Waals surface area contributed by atoms with Crippen LogP contribution in [0.15, 0.2) is 60.8 Å². The maximum Gasteiger partial charge on any atom is 0.00786 e. The number of rotatable bonds is 4. The van der Waals surface area contributed by atoms with E-state index in [2.05, 4.69) is 80.4 Å². The molecular weight excluding hydrogens is 242 g/mol. The van der Waals surface area contributed by atoms with Crippen LogP contribution in [0.5, 0.6) is 0 Å². The minimum Gasteiger partial charge on any atom is -0.392 e. The third kappa shape index (κ3) is 3.00. The van der Waals surface area contributed by atoms with Gasteiger partial charge in [-0.25, -0.2) is 0 Å². The van der Waals surface area contributed by atoms with E-state index in [9.17, 15) is 0 Å². The normalized spacial score (nSPS) is 11.2. The lowest BCUT2D eigenvalue weighted by atomic mass is 9.92. The highest BCUT2D eigenvalue weighted by Crippen LogP contribution is 2.27. The zero-order valence-corrected chi connectivity index (χ0v) is 12.4. The van der Waals surface area contributed by atoms with Gasteiger partial charge in [0.05, 0.1) is 0 Å². The Hall–Kier alpha value is -2.28. The minimum atomic E-state index is 1.07. The SMILES string of the molecule is C=C(c1ccccc1C)c1ccccc1/C=C(/C)NC. The van der Waals surface area contributed by atoms with Crippen LogP contribution in [0.25, 0.3) is 11.6 Å². The molecule has 0 heterocycles. The molecule has 0 unspecified atom stereocenters. The van der Waals surface area contributed by atoms with Crippen molar-refractivity contribution >= 4 is 11.6 Å². The molecule has 0 aliphatic rings. The number of allylic oxidation sites excluding steroid dienone is 1. The third-order valence-corrected chi connectivity index (χ3v) is 3.52. The standard InChI is InChI=1S/C19H21N/c1-14-9-5-7-11-18(14)16(3)19-12-8-6-10-17(19)13-15(2)20-4/h5-13,20H,3H2,1-2,4H3/b15-13-. The topological polar surface area (TPSA) is 12.0 Å². The summed E-state index contributed by atoms with van der Waals surface area (Å²) in [5.74, 6) is 0. The Kier molecular flexibility index (Phi) is 4.41. The first-order chi connectivity index (χ1) is 9.63. The van der Waals surface area contributed by atoms with E-state index in [1.54, 1.807) is 0 Å². The fourth-order valence-corrected chi connectivity index (χ4v) is 2.26. The minimum absolute atomic E-state index is 1.07. The average Bonchev–Trinajstić information content (AvgIpc) is 2.47. The Labute approximate surface area is 121 Å². The summed E-state index contributed by atoms with van der Waals surface area (Å²) in [6.07, 6.45) is 2.15. The van der Waals surface area contributed by atoms with Crippen LogP contribution in [0.4, 0.5) is 0 Å². The van der Waals surface area contributed by atoms with Crippen LogP contribution in [-0.4, -0.2) is 7.05 Å². The van der Waals surface area contributed by atoms with Gasteiger partial charge in [0.2, 0.25) is 0 Å². The Bertz CT molecular complexity index is 650. The second kappa shape index (κ2) is 6.25. The molecule has 1 nitrogen and oxygen atoms in total. The average molecular weight is 263 g/mol. The van der Waals surface area contributed by atoms with Gasteiger partial charge in [-0.1, -0.05) is 55.1 Å². The van der Waals surface area contributed by atoms with Crippen molar-refractivity contribution in [3.63, 3.8) is 0 Å². The van der Waals surface area contributed by atoms with Gasteiger partial charge in [-0.2, -0.15) is 0 Å². The second-order valence-corrected chi connectivity index (χ2v) is 4.96. The van der Waals surface area contributed by atoms with Gasteiger partial charge in [0.15, 0.2) is 0 Å². The first-order valence-corrected chi connectivity index (χ1v) is 6.84. The second-order valence-electron chi connectivity index (χ2n) is 4.96. The molecule has 0 saturated carbocycles. The van der Waals surface area contributed by atoms with Crippen molar-refractivity contribution in [2.24, 2.45) is 0 Å². The van der Waals surface area contributed by atoms with E-state index in [-0.39, 0.29) is 0 Å². The number of hydrogen-bond donors (Lipinski definition) is 1. The van der Waals surface area contributed by atoms with E-state index < -0.39 is 0 Å². The van der Waals surface area contributed by atoms with Gasteiger partial charge >= 0.3 is 0 Å². The fourth-order valence-electron chi connectivity index (χ4n) is 2.26. The predicted molar refractivity (Wildman–Crippen MR) is 88.5 cm³/mol. The molecule has 0 atom stereocenters. The summed E-state index contributed by atoms with van der Waals surface area (Å²) in [5.41, 5.74) is 7.02. The van der Waals surface area contributed by atoms with Crippen molar-refractivity contribution in [2.45, 2.75) is 13.8 Å². The Morgan fingerprint density at radius 1 is 1.00 bits per heavy atom. The molecule has 102 valence electrons. The zero-order chi connectivity index (χ0) is 14.5. The van der Waals surface area contributed by atoms with Crippen molar-refractivity contribution in [3.05, 3.63) is 83.1 Å². The van der Waals surface area contributed by atoms with E-state index in [4.69, 9.17) is 0 Å². The molecule has 2 aromatic rings. The van der Waals surface area contributed by atoms with Crippen LogP contribution in [0.1, 0.15) is 29.2 Å². The molecule has 0 bridgehead atoms. The summed E-state index contributed by atoms with van der Waals surface area (Å²) in [4.78, 5) is 0. The number of hydrogen-bond acceptors (Lipinski definition) is 1. The third-order valence-electron chi connectivity index (χ3n) is 3.52. The van der Waals surface area contributed by atoms with Crippen molar-refractivity contribution in [2.75, 3.05) is 7.05 Å². The molecule has 20 heavy (non-hydrogen) atoms. The van der Waals surface area contributed by atoms with Crippen LogP contribution in [0, 0.1) is 6.92 Å². The summed E-state index contributed by atoms with van der Waals surface area (Å²) >= 11 is 0. The Morgan fingerprint density at radius 2 is 1.60 bits per heavy atom. The van der Waals surface area contributed by atoms with Gasteiger partial charge in [-0.05, 0) is 47.8 Å². The number of aryl methyl sites for hydroxylation is 1. The van der Waals surface area contributed by atoms with Gasteiger partial charge in [-0.15, -0.1) is 0 Å². The van der Waals surface area contributed by atoms with E-state index in [0.717, 1.165) is 11.3 Å². The van der Waals surface area contributed by atoms with Gasteiger partial charge in [-0.3, -0.25) is 0 Å². The molecule has 0 radical (unpaired) electrons. The summed E-state index contributed by atoms with van der Waals surface area (Å²) in [7, 11) is 1.94. The Morgan fingerprint density at radius 3 is 2.25 bits per heavy atom. The van der Waals surface area contributed by atoms with E-state index in [0.29, 0.717) is 0 Å². The molecular formula is C19H21N. The van der Waals surface area contributed by atoms with Crippen LogP contribution in [0.2, 0.25) is 0 Å². The van der Waals surface area contributed by atoms with Gasteiger partial charge in [0, 0.05) is 12.7 Å². The van der Waals surface area contributed by atoms with Crippen LogP contribution >= 0.6 is 0 Å². The number of benzene rings is 2. The lowest BCUT2D eigenvalue weighted by Crippen LogP contribution is -2.01. The van der Waals surface area contributed by atoms with Crippen LogP contribution < -0.4 is 5.32 Å². The summed E-state index contributed by atoms with van der Waals surface area (Å²) in [6.45, 7) is 8.49. The summed E-state index contributed by atoms with van der Waals surface area (Å²) < 4.78 is 0. The lowest BCUT2D eigenvalue weighted by Gasteiger charge is -2.13. The molecule has 0 fully saturated rings. The van der Waals surface area contributed by atoms with Crippen molar-refractivity contribution in [1.29, 1.82) is 0 Å². The molecule has 0 amide bonds. The van der Waals surface area contributed by atoms with E-state index >= 15 is 0 Å². The molecule has 2 aromatic carbocycles. The van der Waals surface area contributed by atoms with Crippen LogP contribution in [-0.2, 0) is 0 Å². The van der Waals surface area contributed by atoms with Crippen molar-refractivity contribution in [1.82, 2.24) is 5.32 Å². The lowest BCUT2D eigenvalue weighted by molar-refractivity contribution is 1.00. The maximum absolute atomic E-state index is 4.30.